The van der Waals surface area contributed by atoms with Crippen molar-refractivity contribution in [1.29, 1.82) is 0 Å². The van der Waals surface area contributed by atoms with E-state index in [0.717, 1.165) is 52.9 Å². The van der Waals surface area contributed by atoms with Gasteiger partial charge in [-0.2, -0.15) is 0 Å². The van der Waals surface area contributed by atoms with Crippen molar-refractivity contribution in [2.24, 2.45) is 0 Å². The van der Waals surface area contributed by atoms with Gasteiger partial charge in [0.1, 0.15) is 0 Å². The molecule has 4 saturated heterocycles. The molecule has 278 valence electrons. The van der Waals surface area contributed by atoms with Crippen molar-refractivity contribution in [3.05, 3.63) is 0 Å². The third-order valence-corrected chi connectivity index (χ3v) is 3.31. The molecule has 0 unspecified atom stereocenters. The third-order valence-electron chi connectivity index (χ3n) is 3.31. The molecular weight excluding hydrogens is 858 g/mol. The molecule has 4 aliphatic rings. The van der Waals surface area contributed by atoms with Crippen molar-refractivity contribution in [1.82, 2.24) is 0 Å². The van der Waals surface area contributed by atoms with Crippen molar-refractivity contribution >= 4 is 46.1 Å². The molecule has 4 aliphatic heterocycles. The van der Waals surface area contributed by atoms with Crippen LogP contribution in [0.4, 0.5) is 0 Å². The Morgan fingerprint density at radius 2 is 0.310 bits per heavy atom. The molecule has 0 aromatic rings. The van der Waals surface area contributed by atoms with E-state index in [4.69, 9.17) is 18.9 Å². The van der Waals surface area contributed by atoms with E-state index in [9.17, 15) is 0 Å². The fourth-order valence-electron chi connectivity index (χ4n) is 2.04. The van der Waals surface area contributed by atoms with Crippen LogP contribution in [0.1, 0.15) is 51.4 Å². The first-order valence-corrected chi connectivity index (χ1v) is 8.31. The molecule has 0 spiro atoms. The van der Waals surface area contributed by atoms with Crippen molar-refractivity contribution in [2.45, 2.75) is 51.4 Å². The second-order valence-corrected chi connectivity index (χ2v) is 5.28. The Morgan fingerprint density at radius 3 is 0.333 bits per heavy atom. The maximum absolute atomic E-state index is 4.94. The molecule has 26 heteroatoms. The second-order valence-electron chi connectivity index (χ2n) is 5.28. The monoisotopic (exact) mass is 898 g/mol. The second kappa shape index (κ2) is 150. The first kappa shape index (κ1) is 161. The molecule has 0 amide bonds. The van der Waals surface area contributed by atoms with Crippen LogP contribution in [0.25, 0.3) is 0 Å². The van der Waals surface area contributed by atoms with Gasteiger partial charge in [-0.1, -0.05) is 0 Å². The van der Waals surface area contributed by atoms with E-state index in [1.165, 1.54) is 51.4 Å². The van der Waals surface area contributed by atoms with Gasteiger partial charge < -0.3 is 173 Å². The predicted octanol–water partition coefficient (Wildman–Crippen LogP) is -27.0. The van der Waals surface area contributed by atoms with Gasteiger partial charge in [-0.15, -0.1) is 0 Å². The normalized spacial score (nSPS) is 11.4. The molecule has 4 heterocycles. The molecule has 42 heavy (non-hydrogen) atoms. The Morgan fingerprint density at radius 1 is 0.238 bits per heavy atom. The summed E-state index contributed by atoms with van der Waals surface area (Å²) in [5.74, 6) is 0. The molecule has 2 radical (unpaired) electrons. The average Bonchev–Trinajstić information content (AvgIpc) is 3.40. The Hall–Kier alpha value is 4.33. The fraction of sp³-hybridized carbons (Fsp3) is 1.00. The predicted molar refractivity (Wildman–Crippen MR) is 116 cm³/mol. The first-order valence-electron chi connectivity index (χ1n) is 8.31. The zero-order valence-corrected chi connectivity index (χ0v) is 34.0. The van der Waals surface area contributed by atoms with Crippen LogP contribution in [-0.2, 0) is 75.0 Å². The van der Waals surface area contributed by atoms with Gasteiger partial charge in [0.2, 0.25) is 0 Å². The maximum atomic E-state index is 4.94. The summed E-state index contributed by atoms with van der Waals surface area (Å²) in [6, 6.07) is 0. The van der Waals surface area contributed by atoms with Crippen LogP contribution < -0.4 is 99.3 Å². The van der Waals surface area contributed by atoms with Crippen molar-refractivity contribution < 1.29 is 207 Å². The van der Waals surface area contributed by atoms with Crippen molar-refractivity contribution in [3.63, 3.8) is 0 Å². The maximum Gasteiger partial charge on any atom is 2.00 e. The Labute approximate surface area is 353 Å². The molecule has 0 aromatic carbocycles. The summed E-state index contributed by atoms with van der Waals surface area (Å²) < 4.78 is 19.8. The largest absolute Gasteiger partial charge is 2.00 e. The summed E-state index contributed by atoms with van der Waals surface area (Å²) in [5.41, 5.74) is 0. The van der Waals surface area contributed by atoms with Crippen molar-refractivity contribution in [3.8, 4) is 0 Å². The van der Waals surface area contributed by atoms with Crippen molar-refractivity contribution in [2.75, 3.05) is 52.9 Å². The van der Waals surface area contributed by atoms with Gasteiger partial charge in [-0.25, -0.2) is 0 Å². The number of halogens is 8. The summed E-state index contributed by atoms with van der Waals surface area (Å²) >= 11 is 0. The minimum atomic E-state index is 0. The Balaban J connectivity index is -0.00000000541. The molecule has 0 atom stereocenters. The van der Waals surface area contributed by atoms with E-state index in [-0.39, 0.29) is 234 Å². The van der Waals surface area contributed by atoms with Crippen LogP contribution in [0.2, 0.25) is 0 Å². The quantitative estimate of drug-likeness (QED) is 0.214. The van der Waals surface area contributed by atoms with Crippen LogP contribution in [0.15, 0.2) is 0 Å². The summed E-state index contributed by atoms with van der Waals surface area (Å²) in [5, 5.41) is 0. The molecule has 14 nitrogen and oxygen atoms in total. The summed E-state index contributed by atoms with van der Waals surface area (Å²) in [6.45, 7) is 8.00. The van der Waals surface area contributed by atoms with Gasteiger partial charge in [0.05, 0.1) is 0 Å². The molecule has 4 fully saturated rings. The van der Waals surface area contributed by atoms with Gasteiger partial charge >= 0.3 is 46.1 Å². The standard InChI is InChI=1S/4C4H8O.8ClH.2Mg.2Mn.6H2O.4O/c4*1-2-4-5-3-1;;;;;;;;;;;;;;;;;;;;;;/h4*1-4H2;8*1H;;;;;6*1H2;;;;/q;;;;;;;;;;;;2*+2;;;;;;;;;4*-2/p-8. The number of hydrogen-bond donors (Lipinski definition) is 0. The van der Waals surface area contributed by atoms with E-state index < -0.39 is 0 Å². The van der Waals surface area contributed by atoms with E-state index >= 15 is 0 Å². The zero-order chi connectivity index (χ0) is 14.1. The van der Waals surface area contributed by atoms with Gasteiger partial charge in [0.25, 0.3) is 0 Å². The van der Waals surface area contributed by atoms with Crippen LogP contribution >= 0.6 is 0 Å². The van der Waals surface area contributed by atoms with Gasteiger partial charge in [-0.05, 0) is 51.4 Å². The molecule has 0 aliphatic carbocycles. The van der Waals surface area contributed by atoms with E-state index in [1.54, 1.807) is 0 Å². The van der Waals surface area contributed by atoms with Gasteiger partial charge in [0.15, 0.2) is 0 Å². The zero-order valence-electron chi connectivity index (χ0n) is 22.8. The molecule has 4 rings (SSSR count). The average molecular weight is 903 g/mol. The molecule has 12 N–H and O–H groups in total. The van der Waals surface area contributed by atoms with Crippen LogP contribution in [0.3, 0.4) is 0 Å². The summed E-state index contributed by atoms with van der Waals surface area (Å²) in [4.78, 5) is 0. The molecule has 0 bridgehead atoms. The van der Waals surface area contributed by atoms with Gasteiger partial charge in [0, 0.05) is 87.0 Å². The van der Waals surface area contributed by atoms with Crippen LogP contribution in [0.5, 0.6) is 0 Å². The summed E-state index contributed by atoms with van der Waals surface area (Å²) in [7, 11) is 0. The topological polar surface area (TPSA) is 340 Å². The van der Waals surface area contributed by atoms with E-state index in [1.807, 2.05) is 0 Å². The summed E-state index contributed by atoms with van der Waals surface area (Å²) in [6.07, 6.45) is 10.2. The van der Waals surface area contributed by atoms with E-state index in [2.05, 4.69) is 0 Å². The first-order chi connectivity index (χ1) is 10.0. The Bertz CT molecular complexity index is 168. The number of ether oxygens (including phenoxy) is 4. The number of rotatable bonds is 0. The van der Waals surface area contributed by atoms with E-state index in [0.29, 0.717) is 0 Å². The SMILES string of the molecule is C1CCOC1.C1CCOC1.C1CCOC1.C1CCOC1.O.O.O.O.O.O.[Cl-].[Cl-].[Cl-].[Cl-].[Cl-].[Cl-].[Cl-].[Cl-].[Mg+2].[Mg+2].[Mn].[Mn].[O-2].[O-2].[O-2].[O-2]. The Kier molecular flexibility index (Phi) is 576. The van der Waals surface area contributed by atoms with Gasteiger partial charge in [-0.3, -0.25) is 0 Å². The third kappa shape index (κ3) is 141. The molecule has 0 aromatic heterocycles. The van der Waals surface area contributed by atoms with Crippen LogP contribution in [0, 0.1) is 0 Å². The molecule has 0 saturated carbocycles. The smallest absolute Gasteiger partial charge is 2.00 e. The fourth-order valence-corrected chi connectivity index (χ4v) is 2.04. The van der Waals surface area contributed by atoms with Crippen LogP contribution in [-0.4, -0.2) is 132 Å². The minimum Gasteiger partial charge on any atom is -2.00 e. The minimum absolute atomic E-state index is 0. The molecular formula is C16H44Cl8Mg2Mn2O14-12. The number of hydrogen-bond acceptors (Lipinski definition) is 4.